The van der Waals surface area contributed by atoms with Crippen LogP contribution < -0.4 is 0 Å². The van der Waals surface area contributed by atoms with Gasteiger partial charge in [0.1, 0.15) is 0 Å². The van der Waals surface area contributed by atoms with Crippen LogP contribution in [0, 0.1) is 5.92 Å². The Hall–Kier alpha value is -1.68. The summed E-state index contributed by atoms with van der Waals surface area (Å²) >= 11 is 0. The Labute approximate surface area is 131 Å². The maximum absolute atomic E-state index is 4.78. The fraction of sp³-hybridized carbons (Fsp3) is 0.556. The highest BCUT2D eigenvalue weighted by Crippen LogP contribution is 2.25. The number of fused-ring (bicyclic) bond motifs is 1. The molecule has 116 valence electrons. The molecule has 2 atom stereocenters. The summed E-state index contributed by atoms with van der Waals surface area (Å²) in [7, 11) is 2.18. The molecule has 22 heavy (non-hydrogen) atoms. The average Bonchev–Trinajstić information content (AvgIpc) is 3.13. The minimum Gasteiger partial charge on any atom is -0.304 e. The highest BCUT2D eigenvalue weighted by molar-refractivity contribution is 6.03. The van der Waals surface area contributed by atoms with E-state index in [2.05, 4.69) is 47.9 Å². The second kappa shape index (κ2) is 5.51. The zero-order chi connectivity index (χ0) is 15.1. The Balaban J connectivity index is 1.64. The van der Waals surface area contributed by atoms with E-state index in [4.69, 9.17) is 10.1 Å². The van der Waals surface area contributed by atoms with Crippen molar-refractivity contribution < 1.29 is 0 Å². The summed E-state index contributed by atoms with van der Waals surface area (Å²) in [5.74, 6) is 0.731. The first-order valence-corrected chi connectivity index (χ1v) is 8.40. The normalized spacial score (nSPS) is 26.5. The van der Waals surface area contributed by atoms with E-state index >= 15 is 0 Å². The fourth-order valence-corrected chi connectivity index (χ4v) is 3.59. The highest BCUT2D eigenvalue weighted by Gasteiger charge is 2.22. The van der Waals surface area contributed by atoms with Crippen molar-refractivity contribution in [1.82, 2.24) is 14.7 Å². The van der Waals surface area contributed by atoms with Crippen molar-refractivity contribution in [3.05, 3.63) is 30.0 Å². The molecule has 1 aromatic heterocycles. The lowest BCUT2D eigenvalue weighted by atomic mass is 9.95. The summed E-state index contributed by atoms with van der Waals surface area (Å²) in [5, 5.41) is 6.02. The molecule has 2 aliphatic rings. The van der Waals surface area contributed by atoms with Gasteiger partial charge < -0.3 is 4.90 Å². The number of aliphatic imine (C=N–C) groups is 1. The van der Waals surface area contributed by atoms with Crippen LogP contribution in [0.5, 0.6) is 0 Å². The molecule has 2 aliphatic heterocycles. The first kappa shape index (κ1) is 13.9. The Morgan fingerprint density at radius 1 is 1.23 bits per heavy atom. The van der Waals surface area contributed by atoms with Crippen LogP contribution in [0.2, 0.25) is 0 Å². The first-order valence-electron chi connectivity index (χ1n) is 8.40. The zero-order valence-electron chi connectivity index (χ0n) is 13.5. The largest absolute Gasteiger partial charge is 0.304 e. The van der Waals surface area contributed by atoms with Crippen molar-refractivity contribution >= 4 is 16.6 Å². The van der Waals surface area contributed by atoms with Gasteiger partial charge in [-0.25, -0.2) is 0 Å². The van der Waals surface area contributed by atoms with Crippen molar-refractivity contribution in [2.45, 2.75) is 32.2 Å². The molecule has 0 radical (unpaired) electrons. The Morgan fingerprint density at radius 2 is 2.14 bits per heavy atom. The predicted molar refractivity (Wildman–Crippen MR) is 90.7 cm³/mol. The number of hydrogen-bond donors (Lipinski definition) is 0. The third kappa shape index (κ3) is 2.56. The molecule has 0 aliphatic carbocycles. The van der Waals surface area contributed by atoms with E-state index in [9.17, 15) is 0 Å². The van der Waals surface area contributed by atoms with Gasteiger partial charge in [-0.05, 0) is 56.5 Å². The minimum absolute atomic E-state index is 0.522. The topological polar surface area (TPSA) is 33.4 Å². The maximum Gasteiger partial charge on any atom is 0.0923 e. The number of benzene rings is 1. The van der Waals surface area contributed by atoms with Gasteiger partial charge >= 0.3 is 0 Å². The van der Waals surface area contributed by atoms with Crippen LogP contribution in [-0.4, -0.2) is 47.1 Å². The van der Waals surface area contributed by atoms with Gasteiger partial charge in [0.15, 0.2) is 0 Å². The lowest BCUT2D eigenvalue weighted by Crippen LogP contribution is -2.16. The van der Waals surface area contributed by atoms with E-state index in [0.29, 0.717) is 6.04 Å². The van der Waals surface area contributed by atoms with Crippen molar-refractivity contribution in [2.24, 2.45) is 10.9 Å². The maximum atomic E-state index is 4.78. The molecule has 4 nitrogen and oxygen atoms in total. The zero-order valence-corrected chi connectivity index (χ0v) is 13.5. The molecule has 1 fully saturated rings. The van der Waals surface area contributed by atoms with E-state index in [1.54, 1.807) is 0 Å². The van der Waals surface area contributed by atoms with Gasteiger partial charge in [0.2, 0.25) is 0 Å². The monoisotopic (exact) mass is 296 g/mol. The Kier molecular flexibility index (Phi) is 3.49. The summed E-state index contributed by atoms with van der Waals surface area (Å²) in [5.41, 5.74) is 3.65. The third-order valence-electron chi connectivity index (χ3n) is 5.06. The van der Waals surface area contributed by atoms with Gasteiger partial charge in [-0.15, -0.1) is 0 Å². The molecule has 4 heteroatoms. The number of nitrogens with zero attached hydrogens (tertiary/aromatic N) is 4. The molecule has 4 rings (SSSR count). The lowest BCUT2D eigenvalue weighted by Gasteiger charge is -2.17. The summed E-state index contributed by atoms with van der Waals surface area (Å²) < 4.78 is 2.17. The predicted octanol–water partition coefficient (Wildman–Crippen LogP) is 3.13. The van der Waals surface area contributed by atoms with Crippen LogP contribution in [0.1, 0.15) is 37.8 Å². The van der Waals surface area contributed by atoms with Crippen LogP contribution in [-0.2, 0) is 0 Å². The van der Waals surface area contributed by atoms with Gasteiger partial charge in [-0.1, -0.05) is 13.0 Å². The Bertz CT molecular complexity index is 715. The number of rotatable bonds is 2. The van der Waals surface area contributed by atoms with Crippen LogP contribution in [0.3, 0.4) is 0 Å². The van der Waals surface area contributed by atoms with Crippen LogP contribution in [0.15, 0.2) is 29.4 Å². The summed E-state index contributed by atoms with van der Waals surface area (Å²) in [6, 6.07) is 7.14. The van der Waals surface area contributed by atoms with Crippen LogP contribution >= 0.6 is 0 Å². The SMILES string of the molecule is C[C@H]1CCC(c2ccc3nn([C@H]4CCN(C)C4)cc3c2)=NC1. The van der Waals surface area contributed by atoms with E-state index in [1.807, 2.05) is 0 Å². The van der Waals surface area contributed by atoms with Gasteiger partial charge in [0, 0.05) is 30.4 Å². The number of likely N-dealkylation sites (N-methyl/N-ethyl adjacent to an activating group) is 1. The molecule has 3 heterocycles. The van der Waals surface area contributed by atoms with E-state index < -0.39 is 0 Å². The third-order valence-corrected chi connectivity index (χ3v) is 5.06. The summed E-state index contributed by atoms with van der Waals surface area (Å²) in [4.78, 5) is 7.14. The average molecular weight is 296 g/mol. The molecule has 0 spiro atoms. The number of likely N-dealkylation sites (tertiary alicyclic amines) is 1. The summed E-state index contributed by atoms with van der Waals surface area (Å²) in [6.45, 7) is 5.53. The second-order valence-electron chi connectivity index (χ2n) is 7.02. The lowest BCUT2D eigenvalue weighted by molar-refractivity contribution is 0.383. The smallest absolute Gasteiger partial charge is 0.0923 e. The van der Waals surface area contributed by atoms with Gasteiger partial charge in [0.05, 0.1) is 11.6 Å². The molecular weight excluding hydrogens is 272 g/mol. The molecular formula is C18H24N4. The van der Waals surface area contributed by atoms with Crippen molar-refractivity contribution in [3.8, 4) is 0 Å². The fourth-order valence-electron chi connectivity index (χ4n) is 3.59. The minimum atomic E-state index is 0.522. The van der Waals surface area contributed by atoms with Gasteiger partial charge in [0.25, 0.3) is 0 Å². The molecule has 0 amide bonds. The second-order valence-corrected chi connectivity index (χ2v) is 7.02. The van der Waals surface area contributed by atoms with Gasteiger partial charge in [-0.3, -0.25) is 9.67 Å². The van der Waals surface area contributed by atoms with E-state index in [1.165, 1.54) is 36.0 Å². The highest BCUT2D eigenvalue weighted by atomic mass is 15.3. The first-order chi connectivity index (χ1) is 10.7. The number of aromatic nitrogens is 2. The molecule has 0 N–H and O–H groups in total. The summed E-state index contributed by atoms with van der Waals surface area (Å²) in [6.07, 6.45) is 5.77. The van der Waals surface area contributed by atoms with E-state index in [0.717, 1.165) is 30.9 Å². The molecule has 1 saturated heterocycles. The molecule has 2 aromatic rings. The van der Waals surface area contributed by atoms with Gasteiger partial charge in [-0.2, -0.15) is 5.10 Å². The quantitative estimate of drug-likeness (QED) is 0.853. The standard InChI is InChI=1S/C18H24N4/c1-13-3-5-17(19-10-13)14-4-6-18-15(9-14)11-22(20-18)16-7-8-21(2)12-16/h4,6,9,11,13,16H,3,5,7-8,10,12H2,1-2H3/t13-,16-/m0/s1. The Morgan fingerprint density at radius 3 is 2.86 bits per heavy atom. The molecule has 0 saturated carbocycles. The number of hydrogen-bond acceptors (Lipinski definition) is 3. The van der Waals surface area contributed by atoms with Crippen LogP contribution in [0.4, 0.5) is 0 Å². The van der Waals surface area contributed by atoms with Crippen LogP contribution in [0.25, 0.3) is 10.9 Å². The van der Waals surface area contributed by atoms with Crippen molar-refractivity contribution in [1.29, 1.82) is 0 Å². The molecule has 0 unspecified atom stereocenters. The van der Waals surface area contributed by atoms with E-state index in [-0.39, 0.29) is 0 Å². The van der Waals surface area contributed by atoms with Crippen molar-refractivity contribution in [3.63, 3.8) is 0 Å². The van der Waals surface area contributed by atoms with Crippen molar-refractivity contribution in [2.75, 3.05) is 26.7 Å². The molecule has 1 aromatic carbocycles. The molecule has 0 bridgehead atoms.